The van der Waals surface area contributed by atoms with Gasteiger partial charge in [-0.05, 0) is 39.0 Å². The van der Waals surface area contributed by atoms with E-state index in [2.05, 4.69) is 10.0 Å². The predicted octanol–water partition coefficient (Wildman–Crippen LogP) is 3.41. The molecule has 0 spiro atoms. The number of halogens is 4. The number of alkyl halides is 3. The number of esters is 1. The molecule has 176 valence electrons. The molecule has 1 amide bonds. The molecule has 0 aliphatic rings. The molecular formula is C19H21ClF3N3O5S. The van der Waals surface area contributed by atoms with Gasteiger partial charge in [0.05, 0.1) is 23.7 Å². The largest absolute Gasteiger partial charge is 0.462 e. The minimum Gasteiger partial charge on any atom is -0.462 e. The number of amides is 1. The summed E-state index contributed by atoms with van der Waals surface area (Å²) in [5.41, 5.74) is -0.929. The van der Waals surface area contributed by atoms with Crippen molar-refractivity contribution in [3.8, 4) is 0 Å². The monoisotopic (exact) mass is 495 g/mol. The summed E-state index contributed by atoms with van der Waals surface area (Å²) in [6.07, 6.45) is -4.73. The lowest BCUT2D eigenvalue weighted by atomic mass is 10.2. The summed E-state index contributed by atoms with van der Waals surface area (Å²) in [4.78, 5) is 24.1. The maximum Gasteiger partial charge on any atom is 0.417 e. The summed E-state index contributed by atoms with van der Waals surface area (Å²) < 4.78 is 73.1. The van der Waals surface area contributed by atoms with E-state index in [1.165, 1.54) is 11.5 Å². The van der Waals surface area contributed by atoms with Crippen molar-refractivity contribution in [2.45, 2.75) is 31.8 Å². The summed E-state index contributed by atoms with van der Waals surface area (Å²) >= 11 is 5.53. The van der Waals surface area contributed by atoms with Gasteiger partial charge in [0.1, 0.15) is 10.5 Å². The Bertz CT molecular complexity index is 1160. The van der Waals surface area contributed by atoms with E-state index in [1.807, 2.05) is 0 Å². The third-order valence-corrected chi connectivity index (χ3v) is 6.54. The average molecular weight is 496 g/mol. The fourth-order valence-corrected chi connectivity index (χ4v) is 4.66. The molecule has 0 fully saturated rings. The van der Waals surface area contributed by atoms with E-state index in [1.54, 1.807) is 20.9 Å². The summed E-state index contributed by atoms with van der Waals surface area (Å²) in [5.74, 6) is -1.76. The number of nitrogens with zero attached hydrogens (tertiary/aromatic N) is 1. The summed E-state index contributed by atoms with van der Waals surface area (Å²) in [7, 11) is -2.78. The highest BCUT2D eigenvalue weighted by Gasteiger charge is 2.34. The number of hydrogen-bond acceptors (Lipinski definition) is 5. The van der Waals surface area contributed by atoms with E-state index in [0.29, 0.717) is 11.8 Å². The van der Waals surface area contributed by atoms with Gasteiger partial charge in [0.15, 0.2) is 0 Å². The number of rotatable bonds is 7. The number of carbonyl (C=O) groups is 2. The van der Waals surface area contributed by atoms with Gasteiger partial charge in [-0.25, -0.2) is 17.9 Å². The first-order valence-corrected chi connectivity index (χ1v) is 11.1. The van der Waals surface area contributed by atoms with Crippen LogP contribution in [-0.4, -0.2) is 38.0 Å². The fourth-order valence-electron chi connectivity index (χ4n) is 2.95. The molecular weight excluding hydrogens is 475 g/mol. The predicted molar refractivity (Wildman–Crippen MR) is 111 cm³/mol. The van der Waals surface area contributed by atoms with Crippen LogP contribution in [0.2, 0.25) is 5.02 Å². The van der Waals surface area contributed by atoms with Crippen molar-refractivity contribution in [1.29, 1.82) is 0 Å². The number of benzene rings is 1. The maximum atomic E-state index is 13.0. The molecule has 2 rings (SSSR count). The molecule has 32 heavy (non-hydrogen) atoms. The minimum absolute atomic E-state index is 0.0303. The lowest BCUT2D eigenvalue weighted by molar-refractivity contribution is -0.137. The van der Waals surface area contributed by atoms with Gasteiger partial charge in [-0.1, -0.05) is 11.6 Å². The second kappa shape index (κ2) is 9.51. The molecule has 2 aromatic rings. The van der Waals surface area contributed by atoms with Crippen molar-refractivity contribution in [1.82, 2.24) is 9.29 Å². The van der Waals surface area contributed by atoms with Crippen LogP contribution < -0.4 is 10.0 Å². The molecule has 2 N–H and O–H groups in total. The Morgan fingerprint density at radius 2 is 1.81 bits per heavy atom. The number of aromatic nitrogens is 1. The van der Waals surface area contributed by atoms with Crippen LogP contribution in [0.5, 0.6) is 0 Å². The van der Waals surface area contributed by atoms with Gasteiger partial charge in [0.2, 0.25) is 15.9 Å². The summed E-state index contributed by atoms with van der Waals surface area (Å²) in [5, 5.41) is 1.63. The van der Waals surface area contributed by atoms with E-state index in [9.17, 15) is 31.2 Å². The Hall–Kier alpha value is -2.57. The number of sulfonamides is 1. The zero-order valence-electron chi connectivity index (χ0n) is 17.6. The SMILES string of the molecule is CCOC(=O)c1c(S(=O)(=O)NCC(=O)Nc2ccc(Cl)c(C(F)(F)F)c2)c(C)n(C)c1C. The average Bonchev–Trinajstić information content (AvgIpc) is 2.92. The van der Waals surface area contributed by atoms with E-state index in [0.717, 1.165) is 12.1 Å². The molecule has 8 nitrogen and oxygen atoms in total. The Morgan fingerprint density at radius 1 is 1.19 bits per heavy atom. The third-order valence-electron chi connectivity index (χ3n) is 4.65. The Labute approximate surface area is 187 Å². The molecule has 1 aromatic carbocycles. The Balaban J connectivity index is 2.24. The quantitative estimate of drug-likeness (QED) is 0.572. The topological polar surface area (TPSA) is 106 Å². The Morgan fingerprint density at radius 3 is 2.38 bits per heavy atom. The molecule has 13 heteroatoms. The number of carbonyl (C=O) groups excluding carboxylic acids is 2. The zero-order valence-corrected chi connectivity index (χ0v) is 19.1. The molecule has 0 atom stereocenters. The van der Waals surface area contributed by atoms with Gasteiger partial charge in [-0.2, -0.15) is 13.2 Å². The van der Waals surface area contributed by atoms with Crippen LogP contribution >= 0.6 is 11.6 Å². The molecule has 1 aromatic heterocycles. The molecule has 0 aliphatic carbocycles. The van der Waals surface area contributed by atoms with Crippen molar-refractivity contribution < 1.29 is 35.9 Å². The molecule has 0 aliphatic heterocycles. The van der Waals surface area contributed by atoms with Gasteiger partial charge in [0, 0.05) is 24.1 Å². The summed E-state index contributed by atoms with van der Waals surface area (Å²) in [6, 6.07) is 2.75. The number of ether oxygens (including phenoxy) is 1. The highest BCUT2D eigenvalue weighted by atomic mass is 35.5. The van der Waals surface area contributed by atoms with Gasteiger partial charge in [-0.15, -0.1) is 0 Å². The molecule has 0 radical (unpaired) electrons. The van der Waals surface area contributed by atoms with Crippen LogP contribution in [0.4, 0.5) is 18.9 Å². The van der Waals surface area contributed by atoms with Gasteiger partial charge in [0.25, 0.3) is 0 Å². The van der Waals surface area contributed by atoms with Crippen LogP contribution in [0.1, 0.15) is 34.2 Å². The lowest BCUT2D eigenvalue weighted by Crippen LogP contribution is -2.34. The van der Waals surface area contributed by atoms with Crippen molar-refractivity contribution in [3.63, 3.8) is 0 Å². The molecule has 0 bridgehead atoms. The number of nitrogens with one attached hydrogen (secondary N) is 2. The highest BCUT2D eigenvalue weighted by Crippen LogP contribution is 2.36. The first-order chi connectivity index (χ1) is 14.7. The molecule has 1 heterocycles. The normalized spacial score (nSPS) is 12.0. The smallest absolute Gasteiger partial charge is 0.417 e. The van der Waals surface area contributed by atoms with Crippen LogP contribution in [-0.2, 0) is 32.8 Å². The zero-order chi connectivity index (χ0) is 24.4. The van der Waals surface area contributed by atoms with Gasteiger partial charge >= 0.3 is 12.1 Å². The van der Waals surface area contributed by atoms with Crippen molar-refractivity contribution in [3.05, 3.63) is 45.7 Å². The number of anilines is 1. The first kappa shape index (κ1) is 25.7. The third kappa shape index (κ3) is 5.43. The van der Waals surface area contributed by atoms with Crippen LogP contribution in [0, 0.1) is 13.8 Å². The van der Waals surface area contributed by atoms with Gasteiger partial charge < -0.3 is 14.6 Å². The Kier molecular flexibility index (Phi) is 7.63. The van der Waals surface area contributed by atoms with Crippen LogP contribution in [0.15, 0.2) is 23.1 Å². The van der Waals surface area contributed by atoms with Gasteiger partial charge in [-0.3, -0.25) is 4.79 Å². The maximum absolute atomic E-state index is 13.0. The minimum atomic E-state index is -4.73. The van der Waals surface area contributed by atoms with Crippen LogP contribution in [0.3, 0.4) is 0 Å². The van der Waals surface area contributed by atoms with Crippen LogP contribution in [0.25, 0.3) is 0 Å². The van der Waals surface area contributed by atoms with E-state index < -0.39 is 45.2 Å². The second-order valence-electron chi connectivity index (χ2n) is 6.72. The second-order valence-corrected chi connectivity index (χ2v) is 8.83. The van der Waals surface area contributed by atoms with Crippen molar-refractivity contribution in [2.75, 3.05) is 18.5 Å². The number of hydrogen-bond donors (Lipinski definition) is 2. The lowest BCUT2D eigenvalue weighted by Gasteiger charge is -2.12. The highest BCUT2D eigenvalue weighted by molar-refractivity contribution is 7.89. The molecule has 0 unspecified atom stereocenters. The van der Waals surface area contributed by atoms with Crippen molar-refractivity contribution in [2.24, 2.45) is 7.05 Å². The molecule has 0 saturated heterocycles. The molecule has 0 saturated carbocycles. The van der Waals surface area contributed by atoms with E-state index in [-0.39, 0.29) is 28.4 Å². The van der Waals surface area contributed by atoms with E-state index in [4.69, 9.17) is 16.3 Å². The van der Waals surface area contributed by atoms with Crippen molar-refractivity contribution >= 4 is 39.2 Å². The summed E-state index contributed by atoms with van der Waals surface area (Å²) in [6.45, 7) is 3.84. The first-order valence-electron chi connectivity index (χ1n) is 9.20. The van der Waals surface area contributed by atoms with E-state index >= 15 is 0 Å². The standard InChI is InChI=1S/C19H21ClF3N3O5S/c1-5-31-18(28)16-10(2)26(4)11(3)17(16)32(29,30)24-9-15(27)25-12-6-7-14(20)13(8-12)19(21,22)23/h6-8,24H,5,9H2,1-4H3,(H,25,27). The fraction of sp³-hybridized carbons (Fsp3) is 0.368.